The minimum Gasteiger partial charge on any atom is -0.368 e. The second kappa shape index (κ2) is 12.8. The lowest BCUT2D eigenvalue weighted by Gasteiger charge is -2.38. The smallest absolute Gasteiger partial charge is 0.253 e. The topological polar surface area (TPSA) is 51.2 Å². The molecule has 6 nitrogen and oxygen atoms in total. The Kier molecular flexibility index (Phi) is 10.5. The Morgan fingerprint density at radius 1 is 1.06 bits per heavy atom. The quantitative estimate of drug-likeness (QED) is 0.329. The van der Waals surface area contributed by atoms with E-state index in [4.69, 9.17) is 4.99 Å². The largest absolute Gasteiger partial charge is 0.368 e. The molecule has 0 aromatic heterocycles. The number of nitrogens with one attached hydrogen (secondary N) is 1. The molecule has 33 heavy (non-hydrogen) atoms. The third-order valence-electron chi connectivity index (χ3n) is 6.07. The highest BCUT2D eigenvalue weighted by molar-refractivity contribution is 14.0. The summed E-state index contributed by atoms with van der Waals surface area (Å²) in [6, 6.07) is 14.4. The van der Waals surface area contributed by atoms with Crippen LogP contribution < -0.4 is 10.2 Å². The average Bonchev–Trinajstić information content (AvgIpc) is 2.80. The minimum atomic E-state index is 0. The van der Waals surface area contributed by atoms with Gasteiger partial charge in [0, 0.05) is 64.6 Å². The second-order valence-corrected chi connectivity index (χ2v) is 8.58. The molecule has 0 atom stereocenters. The number of carbonyl (C=O) groups excluding carboxylic acids is 1. The monoisotopic (exact) mass is 563 g/mol. The Labute approximate surface area is 216 Å². The zero-order chi connectivity index (χ0) is 23.1. The van der Waals surface area contributed by atoms with Gasteiger partial charge >= 0.3 is 0 Å². The van der Waals surface area contributed by atoms with E-state index in [9.17, 15) is 4.79 Å². The predicted molar refractivity (Wildman–Crippen MR) is 149 cm³/mol. The SMILES string of the molecule is CCNC(=NCCc1cccc(C(=O)N(C)C)c1)N1CCN(c2cccc(C)c2C)CC1.I. The van der Waals surface area contributed by atoms with Gasteiger partial charge in [-0.1, -0.05) is 24.3 Å². The Bertz CT molecular complexity index is 951. The fourth-order valence-corrected chi connectivity index (χ4v) is 4.07. The van der Waals surface area contributed by atoms with Crippen LogP contribution in [0.4, 0.5) is 5.69 Å². The molecule has 2 aromatic rings. The number of hydrogen-bond acceptors (Lipinski definition) is 3. The van der Waals surface area contributed by atoms with E-state index in [2.05, 4.69) is 60.2 Å². The highest BCUT2D eigenvalue weighted by Gasteiger charge is 2.21. The summed E-state index contributed by atoms with van der Waals surface area (Å²) in [6.45, 7) is 11.9. The number of anilines is 1. The van der Waals surface area contributed by atoms with Gasteiger partial charge in [0.2, 0.25) is 0 Å². The van der Waals surface area contributed by atoms with Crippen molar-refractivity contribution in [1.29, 1.82) is 0 Å². The van der Waals surface area contributed by atoms with Crippen molar-refractivity contribution in [2.45, 2.75) is 27.2 Å². The van der Waals surface area contributed by atoms with Gasteiger partial charge < -0.3 is 20.0 Å². The van der Waals surface area contributed by atoms with Gasteiger partial charge in [0.05, 0.1) is 0 Å². The molecule has 1 aliphatic rings. The van der Waals surface area contributed by atoms with Crippen molar-refractivity contribution in [2.75, 3.05) is 58.3 Å². The van der Waals surface area contributed by atoms with E-state index < -0.39 is 0 Å². The third kappa shape index (κ3) is 7.09. The van der Waals surface area contributed by atoms with Crippen LogP contribution in [0.5, 0.6) is 0 Å². The van der Waals surface area contributed by atoms with Crippen LogP contribution in [0.1, 0.15) is 34.0 Å². The minimum absolute atomic E-state index is 0. The number of benzene rings is 2. The molecule has 0 unspecified atom stereocenters. The molecule has 2 aromatic carbocycles. The number of piperazine rings is 1. The van der Waals surface area contributed by atoms with E-state index in [1.165, 1.54) is 16.8 Å². The molecule has 1 amide bonds. The lowest BCUT2D eigenvalue weighted by atomic mass is 10.1. The molecule has 0 saturated carbocycles. The Balaban J connectivity index is 0.00000385. The molecular formula is C26H38IN5O. The van der Waals surface area contributed by atoms with Crippen LogP contribution in [-0.2, 0) is 6.42 Å². The zero-order valence-electron chi connectivity index (χ0n) is 20.6. The Hall–Kier alpha value is -2.29. The van der Waals surface area contributed by atoms with Gasteiger partial charge in [-0.05, 0) is 62.1 Å². The lowest BCUT2D eigenvalue weighted by molar-refractivity contribution is 0.0827. The van der Waals surface area contributed by atoms with Gasteiger partial charge in [-0.15, -0.1) is 24.0 Å². The van der Waals surface area contributed by atoms with Crippen molar-refractivity contribution < 1.29 is 4.79 Å². The summed E-state index contributed by atoms with van der Waals surface area (Å²) in [4.78, 5) is 23.6. The number of carbonyl (C=O) groups is 1. The van der Waals surface area contributed by atoms with Gasteiger partial charge in [-0.25, -0.2) is 0 Å². The first-order chi connectivity index (χ1) is 15.4. The summed E-state index contributed by atoms with van der Waals surface area (Å²) in [5.74, 6) is 1.01. The summed E-state index contributed by atoms with van der Waals surface area (Å²) >= 11 is 0. The number of amides is 1. The first kappa shape index (κ1) is 27.0. The first-order valence-electron chi connectivity index (χ1n) is 11.6. The average molecular weight is 564 g/mol. The molecular weight excluding hydrogens is 525 g/mol. The van der Waals surface area contributed by atoms with Gasteiger partial charge in [0.1, 0.15) is 0 Å². The number of rotatable bonds is 6. The number of aliphatic imine (C=N–C) groups is 1. The number of nitrogens with zero attached hydrogens (tertiary/aromatic N) is 4. The first-order valence-corrected chi connectivity index (χ1v) is 11.6. The Morgan fingerprint density at radius 3 is 2.42 bits per heavy atom. The van der Waals surface area contributed by atoms with Crippen molar-refractivity contribution in [3.8, 4) is 0 Å². The van der Waals surface area contributed by atoms with Crippen LogP contribution in [0.15, 0.2) is 47.5 Å². The van der Waals surface area contributed by atoms with Crippen LogP contribution in [-0.4, -0.2) is 75.0 Å². The van der Waals surface area contributed by atoms with E-state index in [0.29, 0.717) is 6.54 Å². The van der Waals surface area contributed by atoms with Crippen molar-refractivity contribution in [3.05, 3.63) is 64.7 Å². The number of guanidine groups is 1. The van der Waals surface area contributed by atoms with Crippen LogP contribution >= 0.6 is 24.0 Å². The van der Waals surface area contributed by atoms with Crippen LogP contribution in [0, 0.1) is 13.8 Å². The lowest BCUT2D eigenvalue weighted by Crippen LogP contribution is -2.52. The molecule has 0 bridgehead atoms. The Morgan fingerprint density at radius 2 is 1.76 bits per heavy atom. The summed E-state index contributed by atoms with van der Waals surface area (Å²) in [5, 5.41) is 3.45. The van der Waals surface area contributed by atoms with Gasteiger partial charge in [0.15, 0.2) is 5.96 Å². The maximum Gasteiger partial charge on any atom is 0.253 e. The molecule has 1 aliphatic heterocycles. The molecule has 1 fully saturated rings. The number of halogens is 1. The fourth-order valence-electron chi connectivity index (χ4n) is 4.07. The summed E-state index contributed by atoms with van der Waals surface area (Å²) in [5.41, 5.74) is 5.93. The maximum absolute atomic E-state index is 12.2. The van der Waals surface area contributed by atoms with Gasteiger partial charge in [-0.2, -0.15) is 0 Å². The van der Waals surface area contributed by atoms with Crippen molar-refractivity contribution in [1.82, 2.24) is 15.1 Å². The van der Waals surface area contributed by atoms with Gasteiger partial charge in [-0.3, -0.25) is 9.79 Å². The molecule has 0 spiro atoms. The molecule has 0 radical (unpaired) electrons. The highest BCUT2D eigenvalue weighted by atomic mass is 127. The highest BCUT2D eigenvalue weighted by Crippen LogP contribution is 2.23. The maximum atomic E-state index is 12.2. The molecule has 1 N–H and O–H groups in total. The van der Waals surface area contributed by atoms with E-state index in [1.54, 1.807) is 19.0 Å². The zero-order valence-corrected chi connectivity index (χ0v) is 22.9. The molecule has 180 valence electrons. The van der Waals surface area contributed by atoms with Crippen LogP contribution in [0.3, 0.4) is 0 Å². The molecule has 3 rings (SSSR count). The van der Waals surface area contributed by atoms with Crippen LogP contribution in [0.25, 0.3) is 0 Å². The van der Waals surface area contributed by atoms with E-state index in [-0.39, 0.29) is 29.9 Å². The third-order valence-corrected chi connectivity index (χ3v) is 6.07. The number of hydrogen-bond donors (Lipinski definition) is 1. The van der Waals surface area contributed by atoms with Crippen molar-refractivity contribution in [3.63, 3.8) is 0 Å². The van der Waals surface area contributed by atoms with Crippen molar-refractivity contribution >= 4 is 41.5 Å². The van der Waals surface area contributed by atoms with Crippen LogP contribution in [0.2, 0.25) is 0 Å². The molecule has 1 heterocycles. The number of aryl methyl sites for hydroxylation is 1. The van der Waals surface area contributed by atoms with E-state index in [0.717, 1.165) is 56.2 Å². The second-order valence-electron chi connectivity index (χ2n) is 8.58. The van der Waals surface area contributed by atoms with E-state index in [1.807, 2.05) is 18.2 Å². The van der Waals surface area contributed by atoms with E-state index >= 15 is 0 Å². The predicted octanol–water partition coefficient (Wildman–Crippen LogP) is 3.95. The summed E-state index contributed by atoms with van der Waals surface area (Å²) in [7, 11) is 3.56. The summed E-state index contributed by atoms with van der Waals surface area (Å²) < 4.78 is 0. The van der Waals surface area contributed by atoms with Crippen molar-refractivity contribution in [2.24, 2.45) is 4.99 Å². The van der Waals surface area contributed by atoms with Gasteiger partial charge in [0.25, 0.3) is 5.91 Å². The normalized spacial score (nSPS) is 14.0. The molecule has 0 aliphatic carbocycles. The summed E-state index contributed by atoms with van der Waals surface area (Å²) in [6.07, 6.45) is 0.811. The standard InChI is InChI=1S/C26H37N5O.HI/c1-6-27-26(28-14-13-22-10-8-11-23(19-22)25(32)29(4)5)31-17-15-30(16-18-31)24-12-7-9-20(2)21(24)3;/h7-12,19H,6,13-18H2,1-5H3,(H,27,28);1H. The molecule has 1 saturated heterocycles. The fraction of sp³-hybridized carbons (Fsp3) is 0.462. The molecule has 7 heteroatoms.